The Morgan fingerprint density at radius 1 is 1.00 bits per heavy atom. The van der Waals surface area contributed by atoms with Crippen LogP contribution >= 0.6 is 0 Å². The molecule has 3 rings (SSSR count). The number of rotatable bonds is 11. The molecule has 0 heterocycles. The Kier molecular flexibility index (Phi) is 9.35. The minimum atomic E-state index is -4.24. The van der Waals surface area contributed by atoms with Crippen LogP contribution in [-0.4, -0.2) is 39.1 Å². The van der Waals surface area contributed by atoms with Crippen LogP contribution in [0.1, 0.15) is 32.8 Å². The van der Waals surface area contributed by atoms with E-state index < -0.39 is 15.9 Å². The topological polar surface area (TPSA) is 94.2 Å². The summed E-state index contributed by atoms with van der Waals surface area (Å²) in [5, 5.41) is 2.90. The molecular weight excluding hydrogens is 499 g/mol. The van der Waals surface area contributed by atoms with E-state index in [-0.39, 0.29) is 35.0 Å². The molecular formula is C27H31FN2O6S. The van der Waals surface area contributed by atoms with E-state index in [2.05, 4.69) is 5.32 Å². The van der Waals surface area contributed by atoms with Crippen LogP contribution in [-0.2, 0) is 16.7 Å². The summed E-state index contributed by atoms with van der Waals surface area (Å²) in [5.41, 5.74) is 1.25. The third kappa shape index (κ3) is 7.36. The maximum atomic E-state index is 13.2. The van der Waals surface area contributed by atoms with E-state index in [1.54, 1.807) is 41.3 Å². The molecule has 10 heteroatoms. The number of carbonyl (C=O) groups excluding carboxylic acids is 1. The minimum absolute atomic E-state index is 0.0413. The molecule has 0 aromatic heterocycles. The van der Waals surface area contributed by atoms with Crippen molar-refractivity contribution in [2.24, 2.45) is 0 Å². The first-order valence-corrected chi connectivity index (χ1v) is 13.2. The number of methoxy groups -OCH3 is 1. The third-order valence-corrected chi connectivity index (χ3v) is 6.93. The van der Waals surface area contributed by atoms with E-state index in [0.717, 1.165) is 24.3 Å². The summed E-state index contributed by atoms with van der Waals surface area (Å²) < 4.78 is 54.8. The molecule has 37 heavy (non-hydrogen) atoms. The van der Waals surface area contributed by atoms with Crippen LogP contribution < -0.4 is 19.0 Å². The van der Waals surface area contributed by atoms with Crippen LogP contribution in [0.2, 0.25) is 0 Å². The Labute approximate surface area is 217 Å². The number of halogens is 1. The van der Waals surface area contributed by atoms with Gasteiger partial charge in [-0.3, -0.25) is 0 Å². The summed E-state index contributed by atoms with van der Waals surface area (Å²) >= 11 is 0. The fourth-order valence-corrected chi connectivity index (χ4v) is 4.43. The lowest BCUT2D eigenvalue weighted by molar-refractivity contribution is 0.187. The second kappa shape index (κ2) is 12.4. The van der Waals surface area contributed by atoms with Crippen molar-refractivity contribution in [2.45, 2.75) is 44.7 Å². The molecule has 198 valence electrons. The summed E-state index contributed by atoms with van der Waals surface area (Å²) in [5.74, 6) is 0.302. The van der Waals surface area contributed by atoms with Gasteiger partial charge < -0.3 is 23.9 Å². The number of nitrogens with one attached hydrogen (secondary N) is 1. The summed E-state index contributed by atoms with van der Waals surface area (Å²) in [6.07, 6.45) is 0.704. The summed E-state index contributed by atoms with van der Waals surface area (Å²) in [6.45, 7) is 6.53. The second-order valence-corrected chi connectivity index (χ2v) is 9.80. The molecule has 0 spiro atoms. The molecule has 0 fully saturated rings. The molecule has 0 saturated carbocycles. The van der Waals surface area contributed by atoms with Gasteiger partial charge in [0.2, 0.25) is 0 Å². The lowest BCUT2D eigenvalue weighted by Crippen LogP contribution is -2.40. The van der Waals surface area contributed by atoms with Crippen molar-refractivity contribution < 1.29 is 31.3 Å². The van der Waals surface area contributed by atoms with Crippen LogP contribution in [0.15, 0.2) is 71.6 Å². The Morgan fingerprint density at radius 3 is 2.27 bits per heavy atom. The highest BCUT2D eigenvalue weighted by Crippen LogP contribution is 2.32. The normalized spacial score (nSPS) is 11.9. The highest BCUT2D eigenvalue weighted by molar-refractivity contribution is 7.87. The first-order chi connectivity index (χ1) is 17.7. The van der Waals surface area contributed by atoms with E-state index in [1.807, 2.05) is 20.8 Å². The second-order valence-electron chi connectivity index (χ2n) is 8.25. The van der Waals surface area contributed by atoms with Gasteiger partial charge in [0.05, 0.1) is 13.7 Å². The standard InChI is InChI=1S/C27H31FN2O6S/c1-5-19(3)30(27(31)29-22-10-12-23(13-11-22)35-6-2)18-20-7-16-25(34-4)26(17-20)36-37(32,33)24-14-8-21(28)9-15-24/h7-17,19H,5-6,18H2,1-4H3,(H,29,31). The fourth-order valence-electron chi connectivity index (χ4n) is 3.49. The number of carbonyl (C=O) groups is 1. The third-order valence-electron chi connectivity index (χ3n) is 5.68. The van der Waals surface area contributed by atoms with E-state index in [0.29, 0.717) is 30.0 Å². The van der Waals surface area contributed by atoms with E-state index in [9.17, 15) is 17.6 Å². The van der Waals surface area contributed by atoms with Gasteiger partial charge in [0, 0.05) is 18.3 Å². The van der Waals surface area contributed by atoms with Gasteiger partial charge in [0.15, 0.2) is 11.5 Å². The number of benzene rings is 3. The maximum absolute atomic E-state index is 13.2. The molecule has 0 aliphatic heterocycles. The highest BCUT2D eigenvalue weighted by Gasteiger charge is 2.23. The molecule has 1 unspecified atom stereocenters. The number of amides is 2. The van der Waals surface area contributed by atoms with Crippen molar-refractivity contribution in [3.63, 3.8) is 0 Å². The smallest absolute Gasteiger partial charge is 0.339 e. The van der Waals surface area contributed by atoms with Crippen LogP contribution in [0.3, 0.4) is 0 Å². The molecule has 0 radical (unpaired) electrons. The fraction of sp³-hybridized carbons (Fsp3) is 0.296. The van der Waals surface area contributed by atoms with E-state index in [4.69, 9.17) is 13.7 Å². The SMILES string of the molecule is CCOc1ccc(NC(=O)N(Cc2ccc(OC)c(OS(=O)(=O)c3ccc(F)cc3)c2)C(C)CC)cc1. The van der Waals surface area contributed by atoms with Gasteiger partial charge in [-0.25, -0.2) is 9.18 Å². The number of hydrogen-bond acceptors (Lipinski definition) is 6. The van der Waals surface area contributed by atoms with E-state index >= 15 is 0 Å². The zero-order valence-corrected chi connectivity index (χ0v) is 22.0. The van der Waals surface area contributed by atoms with Gasteiger partial charge in [-0.1, -0.05) is 13.0 Å². The summed E-state index contributed by atoms with van der Waals surface area (Å²) in [4.78, 5) is 14.6. The predicted molar refractivity (Wildman–Crippen MR) is 139 cm³/mol. The zero-order valence-electron chi connectivity index (χ0n) is 21.2. The number of nitrogens with zero attached hydrogens (tertiary/aromatic N) is 1. The number of ether oxygens (including phenoxy) is 2. The van der Waals surface area contributed by atoms with E-state index in [1.165, 1.54) is 13.2 Å². The lowest BCUT2D eigenvalue weighted by atomic mass is 10.1. The van der Waals surface area contributed by atoms with Crippen molar-refractivity contribution in [1.29, 1.82) is 0 Å². The Balaban J connectivity index is 1.82. The lowest BCUT2D eigenvalue weighted by Gasteiger charge is -2.29. The molecule has 0 saturated heterocycles. The molecule has 1 N–H and O–H groups in total. The van der Waals surface area contributed by atoms with Crippen LogP contribution in [0.5, 0.6) is 17.2 Å². The number of anilines is 1. The molecule has 0 bridgehead atoms. The van der Waals surface area contributed by atoms with Crippen LogP contribution in [0, 0.1) is 5.82 Å². The van der Waals surface area contributed by atoms with Gasteiger partial charge in [-0.05, 0) is 86.5 Å². The van der Waals surface area contributed by atoms with Gasteiger partial charge in [0.1, 0.15) is 16.5 Å². The molecule has 3 aromatic rings. The average molecular weight is 531 g/mol. The van der Waals surface area contributed by atoms with Crippen molar-refractivity contribution in [3.05, 3.63) is 78.1 Å². The van der Waals surface area contributed by atoms with Gasteiger partial charge in [0.25, 0.3) is 0 Å². The molecule has 8 nitrogen and oxygen atoms in total. The van der Waals surface area contributed by atoms with Crippen molar-refractivity contribution >= 4 is 21.8 Å². The van der Waals surface area contributed by atoms with Gasteiger partial charge in [-0.15, -0.1) is 0 Å². The number of hydrogen-bond donors (Lipinski definition) is 1. The summed E-state index contributed by atoms with van der Waals surface area (Å²) in [7, 11) is -2.85. The van der Waals surface area contributed by atoms with Gasteiger partial charge >= 0.3 is 16.1 Å². The van der Waals surface area contributed by atoms with Crippen LogP contribution in [0.4, 0.5) is 14.9 Å². The minimum Gasteiger partial charge on any atom is -0.494 e. The Hall–Kier alpha value is -3.79. The largest absolute Gasteiger partial charge is 0.494 e. The Morgan fingerprint density at radius 2 is 1.68 bits per heavy atom. The molecule has 0 aliphatic rings. The first-order valence-electron chi connectivity index (χ1n) is 11.8. The van der Waals surface area contributed by atoms with Crippen LogP contribution in [0.25, 0.3) is 0 Å². The zero-order chi connectivity index (χ0) is 27.0. The highest BCUT2D eigenvalue weighted by atomic mass is 32.2. The van der Waals surface area contributed by atoms with Crippen molar-refractivity contribution in [2.75, 3.05) is 19.0 Å². The van der Waals surface area contributed by atoms with Crippen molar-refractivity contribution in [3.8, 4) is 17.2 Å². The summed E-state index contributed by atoms with van der Waals surface area (Å²) in [6, 6.07) is 15.8. The molecule has 2 amide bonds. The average Bonchev–Trinajstić information content (AvgIpc) is 2.88. The molecule has 3 aromatic carbocycles. The van der Waals surface area contributed by atoms with Gasteiger partial charge in [-0.2, -0.15) is 8.42 Å². The van der Waals surface area contributed by atoms with Crippen molar-refractivity contribution in [1.82, 2.24) is 4.90 Å². The monoisotopic (exact) mass is 530 g/mol. The maximum Gasteiger partial charge on any atom is 0.339 e. The molecule has 0 aliphatic carbocycles. The number of urea groups is 1. The first kappa shape index (κ1) is 27.8. The molecule has 1 atom stereocenters. The Bertz CT molecular complexity index is 1300. The quantitative estimate of drug-likeness (QED) is 0.313. The predicted octanol–water partition coefficient (Wildman–Crippen LogP) is 5.83.